The van der Waals surface area contributed by atoms with Gasteiger partial charge in [0.25, 0.3) is 0 Å². The number of benzene rings is 1. The van der Waals surface area contributed by atoms with Crippen LogP contribution in [-0.2, 0) is 6.54 Å². The topological polar surface area (TPSA) is 21.3 Å². The van der Waals surface area contributed by atoms with Crippen LogP contribution < -0.4 is 10.1 Å². The largest absolute Gasteiger partial charge is 0.496 e. The summed E-state index contributed by atoms with van der Waals surface area (Å²) in [4.78, 5) is 0. The molecule has 1 aliphatic rings. The number of rotatable bonds is 4. The Morgan fingerprint density at radius 1 is 1.28 bits per heavy atom. The van der Waals surface area contributed by atoms with Crippen LogP contribution in [-0.4, -0.2) is 13.2 Å². The molecule has 2 heteroatoms. The van der Waals surface area contributed by atoms with E-state index in [1.54, 1.807) is 7.11 Å². The maximum Gasteiger partial charge on any atom is 0.121 e. The minimum absolute atomic E-state index is 0.696. The second-order valence-electron chi connectivity index (χ2n) is 5.55. The molecule has 1 aromatic rings. The molecule has 2 rings (SSSR count). The zero-order valence-corrected chi connectivity index (χ0v) is 11.8. The summed E-state index contributed by atoms with van der Waals surface area (Å²) in [5.41, 5.74) is 2.57. The maximum absolute atomic E-state index is 5.29. The number of hydrogen-bond donors (Lipinski definition) is 1. The van der Waals surface area contributed by atoms with Crippen molar-refractivity contribution >= 4 is 0 Å². The lowest BCUT2D eigenvalue weighted by Gasteiger charge is -2.29. The first-order chi connectivity index (χ1) is 8.70. The predicted octanol–water partition coefficient (Wildman–Crippen LogP) is 3.67. The number of aryl methyl sites for hydroxylation is 1. The smallest absolute Gasteiger partial charge is 0.121 e. The first-order valence-electron chi connectivity index (χ1n) is 7.07. The van der Waals surface area contributed by atoms with Gasteiger partial charge < -0.3 is 10.1 Å². The van der Waals surface area contributed by atoms with Crippen molar-refractivity contribution in [3.05, 3.63) is 29.3 Å². The summed E-state index contributed by atoms with van der Waals surface area (Å²) in [6.07, 6.45) is 5.49. The lowest BCUT2D eigenvalue weighted by molar-refractivity contribution is 0.279. The highest BCUT2D eigenvalue weighted by atomic mass is 16.5. The number of hydrogen-bond acceptors (Lipinski definition) is 2. The van der Waals surface area contributed by atoms with Crippen molar-refractivity contribution in [3.8, 4) is 5.75 Å². The molecular formula is C16H25NO. The van der Waals surface area contributed by atoms with Gasteiger partial charge in [-0.1, -0.05) is 31.9 Å². The van der Waals surface area contributed by atoms with Gasteiger partial charge in [-0.05, 0) is 42.9 Å². The van der Waals surface area contributed by atoms with Gasteiger partial charge >= 0.3 is 0 Å². The van der Waals surface area contributed by atoms with E-state index in [-0.39, 0.29) is 0 Å². The highest BCUT2D eigenvalue weighted by molar-refractivity contribution is 5.36. The van der Waals surface area contributed by atoms with Gasteiger partial charge in [0.1, 0.15) is 5.75 Å². The molecule has 0 spiro atoms. The van der Waals surface area contributed by atoms with Gasteiger partial charge in [0, 0.05) is 12.6 Å². The quantitative estimate of drug-likeness (QED) is 0.876. The third-order valence-corrected chi connectivity index (χ3v) is 4.14. The summed E-state index contributed by atoms with van der Waals surface area (Å²) in [5.74, 6) is 1.79. The first kappa shape index (κ1) is 13.4. The first-order valence-corrected chi connectivity index (χ1v) is 7.07. The molecule has 0 aromatic heterocycles. The fourth-order valence-electron chi connectivity index (χ4n) is 2.92. The molecule has 2 atom stereocenters. The Morgan fingerprint density at radius 2 is 2.06 bits per heavy atom. The minimum atomic E-state index is 0.696. The number of nitrogens with one attached hydrogen (secondary N) is 1. The third kappa shape index (κ3) is 3.26. The molecule has 0 saturated heterocycles. The van der Waals surface area contributed by atoms with Gasteiger partial charge in [-0.3, -0.25) is 0 Å². The summed E-state index contributed by atoms with van der Waals surface area (Å²) in [6, 6.07) is 7.14. The van der Waals surface area contributed by atoms with Gasteiger partial charge in [0.15, 0.2) is 0 Å². The van der Waals surface area contributed by atoms with Gasteiger partial charge in [-0.25, -0.2) is 0 Å². The molecule has 100 valence electrons. The molecule has 1 aromatic carbocycles. The van der Waals surface area contributed by atoms with E-state index in [0.717, 1.165) is 18.2 Å². The van der Waals surface area contributed by atoms with Crippen molar-refractivity contribution in [3.63, 3.8) is 0 Å². The number of methoxy groups -OCH3 is 1. The molecule has 0 radical (unpaired) electrons. The summed E-state index contributed by atoms with van der Waals surface area (Å²) >= 11 is 0. The molecular weight excluding hydrogens is 222 g/mol. The molecule has 2 nitrogen and oxygen atoms in total. The zero-order chi connectivity index (χ0) is 13.0. The highest BCUT2D eigenvalue weighted by Gasteiger charge is 2.20. The molecule has 18 heavy (non-hydrogen) atoms. The summed E-state index contributed by atoms with van der Waals surface area (Å²) < 4.78 is 5.29. The van der Waals surface area contributed by atoms with Crippen molar-refractivity contribution in [2.75, 3.05) is 7.11 Å². The second kappa shape index (κ2) is 6.24. The van der Waals surface area contributed by atoms with E-state index in [9.17, 15) is 0 Å². The Labute approximate surface area is 111 Å². The van der Waals surface area contributed by atoms with E-state index in [0.29, 0.717) is 6.04 Å². The molecule has 0 bridgehead atoms. The van der Waals surface area contributed by atoms with E-state index in [1.807, 2.05) is 0 Å². The highest BCUT2D eigenvalue weighted by Crippen LogP contribution is 2.24. The van der Waals surface area contributed by atoms with E-state index >= 15 is 0 Å². The fraction of sp³-hybridized carbons (Fsp3) is 0.625. The minimum Gasteiger partial charge on any atom is -0.496 e. The van der Waals surface area contributed by atoms with Crippen LogP contribution in [0.1, 0.15) is 43.7 Å². The predicted molar refractivity (Wildman–Crippen MR) is 76.0 cm³/mol. The van der Waals surface area contributed by atoms with Crippen molar-refractivity contribution in [2.24, 2.45) is 5.92 Å². The molecule has 0 unspecified atom stereocenters. The van der Waals surface area contributed by atoms with Crippen LogP contribution in [0.15, 0.2) is 18.2 Å². The van der Waals surface area contributed by atoms with Gasteiger partial charge in [-0.15, -0.1) is 0 Å². The fourth-order valence-corrected chi connectivity index (χ4v) is 2.92. The second-order valence-corrected chi connectivity index (χ2v) is 5.55. The Bertz CT molecular complexity index is 389. The zero-order valence-electron chi connectivity index (χ0n) is 11.8. The van der Waals surface area contributed by atoms with Gasteiger partial charge in [-0.2, -0.15) is 0 Å². The lowest BCUT2D eigenvalue weighted by atomic mass is 9.86. The Hall–Kier alpha value is -1.02. The maximum atomic E-state index is 5.29. The van der Waals surface area contributed by atoms with Crippen molar-refractivity contribution in [1.29, 1.82) is 0 Å². The molecule has 0 aliphatic heterocycles. The van der Waals surface area contributed by atoms with Crippen LogP contribution in [0.25, 0.3) is 0 Å². The van der Waals surface area contributed by atoms with Gasteiger partial charge in [0.2, 0.25) is 0 Å². The lowest BCUT2D eigenvalue weighted by Crippen LogP contribution is -2.36. The van der Waals surface area contributed by atoms with Crippen LogP contribution >= 0.6 is 0 Å². The normalized spacial score (nSPS) is 23.9. The Balaban J connectivity index is 1.91. The van der Waals surface area contributed by atoms with Crippen molar-refractivity contribution in [2.45, 2.75) is 52.1 Å². The monoisotopic (exact) mass is 247 g/mol. The molecule has 1 aliphatic carbocycles. The van der Waals surface area contributed by atoms with Crippen LogP contribution in [0.3, 0.4) is 0 Å². The van der Waals surface area contributed by atoms with E-state index in [1.165, 1.54) is 36.8 Å². The van der Waals surface area contributed by atoms with Gasteiger partial charge in [0.05, 0.1) is 7.11 Å². The Kier molecular flexibility index (Phi) is 4.65. The van der Waals surface area contributed by atoms with Crippen LogP contribution in [0, 0.1) is 12.8 Å². The average molecular weight is 247 g/mol. The van der Waals surface area contributed by atoms with Crippen molar-refractivity contribution < 1.29 is 4.74 Å². The average Bonchev–Trinajstić information content (AvgIpc) is 2.38. The summed E-state index contributed by atoms with van der Waals surface area (Å²) in [5, 5.41) is 3.71. The third-order valence-electron chi connectivity index (χ3n) is 4.14. The van der Waals surface area contributed by atoms with Crippen molar-refractivity contribution in [1.82, 2.24) is 5.32 Å². The number of ether oxygens (including phenoxy) is 1. The molecule has 0 heterocycles. The summed E-state index contributed by atoms with van der Waals surface area (Å²) in [6.45, 7) is 5.45. The SMILES string of the molecule is COc1ccc(CN[C@@H]2CCCC[C@@H]2C)cc1C. The van der Waals surface area contributed by atoms with E-state index in [4.69, 9.17) is 4.74 Å². The standard InChI is InChI=1S/C16H25NO/c1-12-6-4-5-7-15(12)17-11-14-8-9-16(18-3)13(2)10-14/h8-10,12,15,17H,4-7,11H2,1-3H3/t12-,15+/m0/s1. The molecule has 1 fully saturated rings. The molecule has 1 saturated carbocycles. The Morgan fingerprint density at radius 3 is 2.72 bits per heavy atom. The van der Waals surface area contributed by atoms with Crippen LogP contribution in [0.2, 0.25) is 0 Å². The van der Waals surface area contributed by atoms with E-state index in [2.05, 4.69) is 37.4 Å². The van der Waals surface area contributed by atoms with Crippen LogP contribution in [0.5, 0.6) is 5.75 Å². The molecule has 1 N–H and O–H groups in total. The molecule has 0 amide bonds. The van der Waals surface area contributed by atoms with Crippen LogP contribution in [0.4, 0.5) is 0 Å². The van der Waals surface area contributed by atoms with E-state index < -0.39 is 0 Å². The summed E-state index contributed by atoms with van der Waals surface area (Å²) in [7, 11) is 1.73.